The highest BCUT2D eigenvalue weighted by Crippen LogP contribution is 2.21. The summed E-state index contributed by atoms with van der Waals surface area (Å²) in [5.41, 5.74) is 8.32. The number of halogens is 1. The molecule has 0 bridgehead atoms. The minimum Gasteiger partial charge on any atom is -0.397 e. The first kappa shape index (κ1) is 11.5. The molecule has 0 fully saturated rings. The molecule has 2 rings (SSSR count). The van der Waals surface area contributed by atoms with Crippen molar-refractivity contribution in [3.05, 3.63) is 42.5 Å². The molecular weight excluding hydrogens is 337 g/mol. The molecule has 6 heteroatoms. The van der Waals surface area contributed by atoms with Gasteiger partial charge in [-0.15, -0.1) is 0 Å². The van der Waals surface area contributed by atoms with Crippen LogP contribution in [0.5, 0.6) is 0 Å². The zero-order chi connectivity index (χ0) is 11.5. The Kier molecular flexibility index (Phi) is 3.49. The third-order valence-electron chi connectivity index (χ3n) is 2.05. The van der Waals surface area contributed by atoms with E-state index in [0.717, 1.165) is 26.3 Å². The number of thiazole rings is 1. The third-order valence-corrected chi connectivity index (χ3v) is 3.44. The number of nitrogen functional groups attached to an aromatic ring is 1. The SMILES string of the molecule is Nc1cc(I)ccc1NCc1csc(=O)[nH]1. The zero-order valence-corrected chi connectivity index (χ0v) is 11.3. The van der Waals surface area contributed by atoms with Crippen LogP contribution in [-0.2, 0) is 6.54 Å². The fourth-order valence-electron chi connectivity index (χ4n) is 1.29. The summed E-state index contributed by atoms with van der Waals surface area (Å²) in [6, 6.07) is 5.82. The maximum Gasteiger partial charge on any atom is 0.304 e. The lowest BCUT2D eigenvalue weighted by Gasteiger charge is -2.08. The van der Waals surface area contributed by atoms with Crippen molar-refractivity contribution in [3.63, 3.8) is 0 Å². The van der Waals surface area contributed by atoms with E-state index < -0.39 is 0 Å². The van der Waals surface area contributed by atoms with Gasteiger partial charge in [0.2, 0.25) is 0 Å². The highest BCUT2D eigenvalue weighted by molar-refractivity contribution is 14.1. The largest absolute Gasteiger partial charge is 0.397 e. The Morgan fingerprint density at radius 3 is 2.94 bits per heavy atom. The second kappa shape index (κ2) is 4.88. The molecule has 4 N–H and O–H groups in total. The van der Waals surface area contributed by atoms with E-state index in [9.17, 15) is 4.79 Å². The van der Waals surface area contributed by atoms with Crippen LogP contribution in [0.2, 0.25) is 0 Å². The van der Waals surface area contributed by atoms with E-state index in [4.69, 9.17) is 5.73 Å². The Morgan fingerprint density at radius 2 is 2.31 bits per heavy atom. The number of rotatable bonds is 3. The number of anilines is 2. The van der Waals surface area contributed by atoms with Gasteiger partial charge >= 0.3 is 4.87 Å². The second-order valence-corrected chi connectivity index (χ2v) is 5.35. The van der Waals surface area contributed by atoms with Crippen molar-refractivity contribution in [2.45, 2.75) is 6.54 Å². The lowest BCUT2D eigenvalue weighted by molar-refractivity contribution is 1.06. The number of hydrogen-bond acceptors (Lipinski definition) is 4. The summed E-state index contributed by atoms with van der Waals surface area (Å²) in [7, 11) is 0. The Labute approximate surface area is 110 Å². The van der Waals surface area contributed by atoms with E-state index in [0.29, 0.717) is 12.2 Å². The molecule has 0 radical (unpaired) electrons. The molecule has 0 aliphatic carbocycles. The molecule has 4 nitrogen and oxygen atoms in total. The van der Waals surface area contributed by atoms with Gasteiger partial charge in [-0.05, 0) is 40.8 Å². The number of nitrogens with two attached hydrogens (primary N) is 1. The minimum absolute atomic E-state index is 0.0348. The average Bonchev–Trinajstić information content (AvgIpc) is 2.63. The quantitative estimate of drug-likeness (QED) is 0.589. The molecule has 84 valence electrons. The van der Waals surface area contributed by atoms with Gasteiger partial charge in [0.1, 0.15) is 0 Å². The van der Waals surface area contributed by atoms with Gasteiger partial charge in [0, 0.05) is 14.6 Å². The van der Waals surface area contributed by atoms with Crippen LogP contribution in [0, 0.1) is 3.57 Å². The van der Waals surface area contributed by atoms with Crippen LogP contribution in [0.4, 0.5) is 11.4 Å². The molecule has 0 saturated carbocycles. The molecule has 0 spiro atoms. The highest BCUT2D eigenvalue weighted by atomic mass is 127. The predicted octanol–water partition coefficient (Wildman–Crippen LogP) is 2.24. The van der Waals surface area contributed by atoms with Gasteiger partial charge in [0.15, 0.2) is 0 Å². The molecule has 0 saturated heterocycles. The molecular formula is C10H10IN3OS. The van der Waals surface area contributed by atoms with Crippen LogP contribution in [0.15, 0.2) is 28.4 Å². The topological polar surface area (TPSA) is 70.9 Å². The van der Waals surface area contributed by atoms with Gasteiger partial charge in [-0.3, -0.25) is 4.79 Å². The fourth-order valence-corrected chi connectivity index (χ4v) is 2.38. The standard InChI is InChI=1S/C10H10IN3OS/c11-6-1-2-9(8(12)3-6)13-4-7-5-16-10(15)14-7/h1-3,5,13H,4,12H2,(H,14,15). The Balaban J connectivity index is 2.07. The van der Waals surface area contributed by atoms with Crippen molar-refractivity contribution < 1.29 is 0 Å². The van der Waals surface area contributed by atoms with Crippen LogP contribution in [0.1, 0.15) is 5.69 Å². The summed E-state index contributed by atoms with van der Waals surface area (Å²) >= 11 is 3.37. The molecule has 1 aromatic heterocycles. The summed E-state index contributed by atoms with van der Waals surface area (Å²) in [5, 5.41) is 4.98. The lowest BCUT2D eigenvalue weighted by Crippen LogP contribution is -2.04. The van der Waals surface area contributed by atoms with Gasteiger partial charge in [0.05, 0.1) is 17.9 Å². The van der Waals surface area contributed by atoms with Gasteiger partial charge in [-0.25, -0.2) is 0 Å². The Bertz CT molecular complexity index is 549. The Hall–Kier alpha value is -1.02. The number of aromatic nitrogens is 1. The monoisotopic (exact) mass is 347 g/mol. The number of aromatic amines is 1. The summed E-state index contributed by atoms with van der Waals surface area (Å²) in [5.74, 6) is 0. The maximum atomic E-state index is 10.9. The first-order valence-corrected chi connectivity index (χ1v) is 6.56. The fraction of sp³-hybridized carbons (Fsp3) is 0.100. The van der Waals surface area contributed by atoms with Gasteiger partial charge in [-0.2, -0.15) is 0 Å². The molecule has 0 atom stereocenters. The summed E-state index contributed by atoms with van der Waals surface area (Å²) in [6.45, 7) is 0.573. The van der Waals surface area contributed by atoms with E-state index in [2.05, 4.69) is 32.9 Å². The van der Waals surface area contributed by atoms with Crippen molar-refractivity contribution in [1.29, 1.82) is 0 Å². The minimum atomic E-state index is -0.0348. The van der Waals surface area contributed by atoms with Crippen molar-refractivity contribution in [3.8, 4) is 0 Å². The van der Waals surface area contributed by atoms with Crippen molar-refractivity contribution in [1.82, 2.24) is 4.98 Å². The number of benzene rings is 1. The van der Waals surface area contributed by atoms with E-state index in [-0.39, 0.29) is 4.87 Å². The molecule has 2 aromatic rings. The first-order chi connectivity index (χ1) is 7.65. The van der Waals surface area contributed by atoms with Gasteiger partial charge < -0.3 is 16.0 Å². The normalized spacial score (nSPS) is 10.3. The number of nitrogens with one attached hydrogen (secondary N) is 2. The summed E-state index contributed by atoms with van der Waals surface area (Å²) < 4.78 is 1.10. The highest BCUT2D eigenvalue weighted by Gasteiger charge is 2.00. The molecule has 1 aromatic carbocycles. The Morgan fingerprint density at radius 1 is 1.50 bits per heavy atom. The molecule has 0 aliphatic heterocycles. The van der Waals surface area contributed by atoms with E-state index in [1.807, 2.05) is 18.2 Å². The second-order valence-electron chi connectivity index (χ2n) is 3.26. The third kappa shape index (κ3) is 2.76. The van der Waals surface area contributed by atoms with Crippen molar-refractivity contribution >= 4 is 45.3 Å². The summed E-state index contributed by atoms with van der Waals surface area (Å²) in [4.78, 5) is 13.6. The molecule has 16 heavy (non-hydrogen) atoms. The maximum absolute atomic E-state index is 10.9. The molecule has 0 amide bonds. The molecule has 1 heterocycles. The van der Waals surface area contributed by atoms with E-state index in [1.54, 1.807) is 5.38 Å². The first-order valence-electron chi connectivity index (χ1n) is 4.61. The van der Waals surface area contributed by atoms with Crippen LogP contribution in [0.3, 0.4) is 0 Å². The van der Waals surface area contributed by atoms with Gasteiger partial charge in [0.25, 0.3) is 0 Å². The predicted molar refractivity (Wildman–Crippen MR) is 75.8 cm³/mol. The van der Waals surface area contributed by atoms with Gasteiger partial charge in [-0.1, -0.05) is 11.3 Å². The number of hydrogen-bond donors (Lipinski definition) is 3. The van der Waals surface area contributed by atoms with Crippen LogP contribution in [0.25, 0.3) is 0 Å². The van der Waals surface area contributed by atoms with Crippen LogP contribution in [-0.4, -0.2) is 4.98 Å². The van der Waals surface area contributed by atoms with E-state index in [1.165, 1.54) is 0 Å². The van der Waals surface area contributed by atoms with Crippen molar-refractivity contribution in [2.24, 2.45) is 0 Å². The lowest BCUT2D eigenvalue weighted by atomic mass is 10.2. The smallest absolute Gasteiger partial charge is 0.304 e. The van der Waals surface area contributed by atoms with Crippen LogP contribution < -0.4 is 15.9 Å². The summed E-state index contributed by atoms with van der Waals surface area (Å²) in [6.07, 6.45) is 0. The molecule has 0 aliphatic rings. The van der Waals surface area contributed by atoms with Crippen LogP contribution >= 0.6 is 33.9 Å². The molecule has 0 unspecified atom stereocenters. The number of H-pyrrole nitrogens is 1. The average molecular weight is 347 g/mol. The van der Waals surface area contributed by atoms with E-state index >= 15 is 0 Å². The zero-order valence-electron chi connectivity index (χ0n) is 8.29. The van der Waals surface area contributed by atoms with Crippen molar-refractivity contribution in [2.75, 3.05) is 11.1 Å².